The predicted molar refractivity (Wildman–Crippen MR) is 135 cm³/mol. The molecule has 0 unspecified atom stereocenters. The number of amides is 2. The van der Waals surface area contributed by atoms with E-state index in [1.54, 1.807) is 36.4 Å². The van der Waals surface area contributed by atoms with Crippen molar-refractivity contribution in [3.63, 3.8) is 0 Å². The third-order valence-electron chi connectivity index (χ3n) is 5.44. The van der Waals surface area contributed by atoms with E-state index in [0.717, 1.165) is 10.8 Å². The highest BCUT2D eigenvalue weighted by Crippen LogP contribution is 2.30. The fraction of sp³-hybridized carbons (Fsp3) is 0.259. The van der Waals surface area contributed by atoms with Gasteiger partial charge in [0.25, 0.3) is 5.91 Å². The first-order valence-corrected chi connectivity index (χ1v) is 11.5. The van der Waals surface area contributed by atoms with Crippen LogP contribution in [0.25, 0.3) is 10.8 Å². The summed E-state index contributed by atoms with van der Waals surface area (Å²) in [5.74, 6) is -0.126. The molecule has 0 spiro atoms. The zero-order valence-electron chi connectivity index (χ0n) is 19.9. The molecule has 9 nitrogen and oxygen atoms in total. The molecule has 9 heteroatoms. The van der Waals surface area contributed by atoms with Crippen molar-refractivity contribution >= 4 is 28.5 Å². The molecule has 190 valence electrons. The Morgan fingerprint density at radius 2 is 1.83 bits per heavy atom. The molecule has 0 bridgehead atoms. The minimum atomic E-state index is -0.803. The van der Waals surface area contributed by atoms with Crippen LogP contribution in [0, 0.1) is 0 Å². The van der Waals surface area contributed by atoms with Crippen LogP contribution in [0.3, 0.4) is 0 Å². The highest BCUT2D eigenvalue weighted by molar-refractivity contribution is 6.00. The number of carbonyl (C=O) groups is 2. The number of anilines is 1. The van der Waals surface area contributed by atoms with Crippen molar-refractivity contribution in [2.45, 2.75) is 25.0 Å². The topological polar surface area (TPSA) is 126 Å². The summed E-state index contributed by atoms with van der Waals surface area (Å²) >= 11 is 0. The number of carbonyl (C=O) groups excluding carboxylic acids is 2. The molecule has 0 aliphatic heterocycles. The molecule has 4 N–H and O–H groups in total. The standard InChI is InChI=1S/C27H30N2O7/c1-34-24(14-4-5-15-25(31)29-33)26(20-10-6-11-21(18-20)35-17-16-30)36-27(32)28-23-13-7-9-19-8-2-3-12-22(19)23/h2-3,5-13,15,18,24,26,30,33H,4,14,16-17H2,1H3,(H,28,32)(H,29,31)/b15-5+/t24-,26-/m0/s1. The molecule has 0 saturated heterocycles. The van der Waals surface area contributed by atoms with Crippen LogP contribution < -0.4 is 15.5 Å². The molecule has 3 aromatic rings. The molecule has 0 aromatic heterocycles. The number of ether oxygens (including phenoxy) is 3. The number of hydroxylamine groups is 1. The number of aliphatic hydroxyl groups excluding tert-OH is 1. The Hall–Kier alpha value is -3.92. The maximum Gasteiger partial charge on any atom is 0.412 e. The number of methoxy groups -OCH3 is 1. The predicted octanol–water partition coefficient (Wildman–Crippen LogP) is 4.36. The van der Waals surface area contributed by atoms with E-state index >= 15 is 0 Å². The lowest BCUT2D eigenvalue weighted by Crippen LogP contribution is -2.28. The molecule has 0 aliphatic carbocycles. The molecule has 0 heterocycles. The summed E-state index contributed by atoms with van der Waals surface area (Å²) in [6.07, 6.45) is 1.62. The van der Waals surface area contributed by atoms with E-state index in [1.807, 2.05) is 36.4 Å². The Morgan fingerprint density at radius 3 is 2.61 bits per heavy atom. The fourth-order valence-corrected chi connectivity index (χ4v) is 3.77. The second-order valence-corrected chi connectivity index (χ2v) is 7.85. The van der Waals surface area contributed by atoms with Gasteiger partial charge >= 0.3 is 6.09 Å². The maximum absolute atomic E-state index is 13.0. The summed E-state index contributed by atoms with van der Waals surface area (Å²) in [4.78, 5) is 24.3. The Morgan fingerprint density at radius 1 is 1.06 bits per heavy atom. The van der Waals surface area contributed by atoms with Crippen molar-refractivity contribution in [2.24, 2.45) is 0 Å². The smallest absolute Gasteiger partial charge is 0.412 e. The Kier molecular flexibility index (Phi) is 10.3. The van der Waals surface area contributed by atoms with Gasteiger partial charge in [-0.25, -0.2) is 10.3 Å². The van der Waals surface area contributed by atoms with E-state index in [0.29, 0.717) is 29.8 Å². The van der Waals surface area contributed by atoms with Crippen molar-refractivity contribution in [3.8, 4) is 5.75 Å². The van der Waals surface area contributed by atoms with Gasteiger partial charge in [0.2, 0.25) is 0 Å². The highest BCUT2D eigenvalue weighted by atomic mass is 16.6. The molecule has 0 aliphatic rings. The average Bonchev–Trinajstić information content (AvgIpc) is 2.91. The van der Waals surface area contributed by atoms with Gasteiger partial charge in [0.1, 0.15) is 12.4 Å². The van der Waals surface area contributed by atoms with Gasteiger partial charge in [-0.05, 0) is 42.0 Å². The van der Waals surface area contributed by atoms with Gasteiger partial charge in [-0.2, -0.15) is 0 Å². The number of fused-ring (bicyclic) bond motifs is 1. The number of hydrogen-bond acceptors (Lipinski definition) is 7. The van der Waals surface area contributed by atoms with Crippen LogP contribution in [0.4, 0.5) is 10.5 Å². The summed E-state index contributed by atoms with van der Waals surface area (Å²) in [6, 6.07) is 20.3. The number of allylic oxidation sites excluding steroid dienone is 1. The molecule has 36 heavy (non-hydrogen) atoms. The van der Waals surface area contributed by atoms with Gasteiger partial charge in [-0.15, -0.1) is 0 Å². The summed E-state index contributed by atoms with van der Waals surface area (Å²) in [5.41, 5.74) is 2.79. The van der Waals surface area contributed by atoms with E-state index in [-0.39, 0.29) is 13.2 Å². The number of aliphatic hydroxyl groups is 1. The first-order valence-electron chi connectivity index (χ1n) is 11.5. The number of rotatable bonds is 12. The van der Waals surface area contributed by atoms with Gasteiger partial charge in [0.05, 0.1) is 18.4 Å². The zero-order valence-corrected chi connectivity index (χ0v) is 19.9. The second-order valence-electron chi connectivity index (χ2n) is 7.85. The second kappa shape index (κ2) is 13.8. The summed E-state index contributed by atoms with van der Waals surface area (Å²) in [6.45, 7) is -0.00594. The molecule has 3 rings (SSSR count). The SMILES string of the molecule is CO[C@@H](CC/C=C/C(=O)NO)[C@@H](OC(=O)Nc1cccc2ccccc12)c1cccc(OCCO)c1. The summed E-state index contributed by atoms with van der Waals surface area (Å²) in [5, 5.41) is 22.4. The lowest BCUT2D eigenvalue weighted by molar-refractivity contribution is -0.124. The normalized spacial score (nSPS) is 12.8. The van der Waals surface area contributed by atoms with Gasteiger partial charge in [-0.3, -0.25) is 15.3 Å². The highest BCUT2D eigenvalue weighted by Gasteiger charge is 2.27. The lowest BCUT2D eigenvalue weighted by Gasteiger charge is -2.27. The molecule has 0 fully saturated rings. The van der Waals surface area contributed by atoms with Crippen molar-refractivity contribution in [1.29, 1.82) is 0 Å². The summed E-state index contributed by atoms with van der Waals surface area (Å²) < 4.78 is 17.1. The van der Waals surface area contributed by atoms with Crippen molar-refractivity contribution in [2.75, 3.05) is 25.6 Å². The average molecular weight is 495 g/mol. The van der Waals surface area contributed by atoms with Crippen LogP contribution in [0.1, 0.15) is 24.5 Å². The number of nitrogens with one attached hydrogen (secondary N) is 2. The lowest BCUT2D eigenvalue weighted by atomic mass is 10.00. The Balaban J connectivity index is 1.82. The quantitative estimate of drug-likeness (QED) is 0.167. The van der Waals surface area contributed by atoms with E-state index in [9.17, 15) is 9.59 Å². The number of hydrogen-bond donors (Lipinski definition) is 4. The minimum Gasteiger partial charge on any atom is -0.491 e. The molecule has 2 atom stereocenters. The molecule has 3 aromatic carbocycles. The maximum atomic E-state index is 13.0. The zero-order chi connectivity index (χ0) is 25.8. The van der Waals surface area contributed by atoms with Crippen molar-refractivity contribution in [3.05, 3.63) is 84.4 Å². The van der Waals surface area contributed by atoms with Crippen LogP contribution in [0.2, 0.25) is 0 Å². The van der Waals surface area contributed by atoms with Gasteiger partial charge in [-0.1, -0.05) is 54.6 Å². The molecular weight excluding hydrogens is 464 g/mol. The largest absolute Gasteiger partial charge is 0.491 e. The van der Waals surface area contributed by atoms with Crippen molar-refractivity contribution < 1.29 is 34.1 Å². The van der Waals surface area contributed by atoms with E-state index in [2.05, 4.69) is 5.32 Å². The van der Waals surface area contributed by atoms with Gasteiger partial charge in [0, 0.05) is 18.6 Å². The molecule has 0 radical (unpaired) electrons. The fourth-order valence-electron chi connectivity index (χ4n) is 3.77. The van der Waals surface area contributed by atoms with Crippen LogP contribution in [-0.4, -0.2) is 48.7 Å². The van der Waals surface area contributed by atoms with E-state index in [1.165, 1.54) is 18.7 Å². The number of benzene rings is 3. The Bertz CT molecular complexity index is 1180. The van der Waals surface area contributed by atoms with Crippen LogP contribution in [0.5, 0.6) is 5.75 Å². The third kappa shape index (κ3) is 7.54. The third-order valence-corrected chi connectivity index (χ3v) is 5.44. The minimum absolute atomic E-state index is 0.127. The molecule has 0 saturated carbocycles. The van der Waals surface area contributed by atoms with E-state index in [4.69, 9.17) is 24.5 Å². The van der Waals surface area contributed by atoms with Gasteiger partial charge in [0.15, 0.2) is 6.10 Å². The Labute approximate surface area is 209 Å². The van der Waals surface area contributed by atoms with Crippen molar-refractivity contribution in [1.82, 2.24) is 5.48 Å². The molecular formula is C27H30N2O7. The monoisotopic (exact) mass is 494 g/mol. The van der Waals surface area contributed by atoms with Crippen LogP contribution >= 0.6 is 0 Å². The first kappa shape index (κ1) is 26.7. The summed E-state index contributed by atoms with van der Waals surface area (Å²) in [7, 11) is 1.51. The van der Waals surface area contributed by atoms with Crippen LogP contribution in [-0.2, 0) is 14.3 Å². The van der Waals surface area contributed by atoms with Crippen LogP contribution in [0.15, 0.2) is 78.9 Å². The van der Waals surface area contributed by atoms with Gasteiger partial charge < -0.3 is 19.3 Å². The van der Waals surface area contributed by atoms with E-state index < -0.39 is 24.2 Å². The first-order chi connectivity index (χ1) is 17.5. The molecule has 2 amide bonds.